The van der Waals surface area contributed by atoms with Crippen molar-refractivity contribution in [1.82, 2.24) is 5.06 Å². The maximum absolute atomic E-state index is 13.2. The van der Waals surface area contributed by atoms with Gasteiger partial charge in [0.2, 0.25) is 0 Å². The van der Waals surface area contributed by atoms with Crippen molar-refractivity contribution in [3.8, 4) is 0 Å². The second kappa shape index (κ2) is 8.58. The lowest BCUT2D eigenvalue weighted by Crippen LogP contribution is -2.54. The number of rotatable bonds is 10. The van der Waals surface area contributed by atoms with Crippen LogP contribution in [0.4, 0.5) is 0 Å². The highest BCUT2D eigenvalue weighted by molar-refractivity contribution is 7.54. The van der Waals surface area contributed by atoms with Crippen molar-refractivity contribution < 1.29 is 28.4 Å². The summed E-state index contributed by atoms with van der Waals surface area (Å²) < 4.78 is 24.1. The number of hydrogen-bond acceptors (Lipinski definition) is 6. The Morgan fingerprint density at radius 2 is 1.52 bits per heavy atom. The lowest BCUT2D eigenvalue weighted by Gasteiger charge is -2.44. The van der Waals surface area contributed by atoms with Crippen molar-refractivity contribution in [3.05, 3.63) is 0 Å². The van der Waals surface area contributed by atoms with Gasteiger partial charge in [0.15, 0.2) is 5.60 Å². The first-order chi connectivity index (χ1) is 10.4. The summed E-state index contributed by atoms with van der Waals surface area (Å²) in [6, 6.07) is 0. The first kappa shape index (κ1) is 22.5. The minimum Gasteiger partial charge on any atom is -0.479 e. The molecule has 0 rings (SSSR count). The average Bonchev–Trinajstić information content (AvgIpc) is 2.37. The maximum Gasteiger partial charge on any atom is 0.350 e. The Kier molecular flexibility index (Phi) is 8.41. The van der Waals surface area contributed by atoms with Crippen molar-refractivity contribution >= 4 is 13.6 Å². The molecular formula is C15H32NO6P. The lowest BCUT2D eigenvalue weighted by atomic mass is 10.1. The van der Waals surface area contributed by atoms with Crippen LogP contribution in [-0.2, 0) is 23.2 Å². The summed E-state index contributed by atoms with van der Waals surface area (Å²) in [5.41, 5.74) is -2.07. The molecule has 0 aromatic rings. The number of hydroxylamine groups is 2. The zero-order chi connectivity index (χ0) is 18.5. The first-order valence-corrected chi connectivity index (χ1v) is 9.57. The molecular weight excluding hydrogens is 321 g/mol. The summed E-state index contributed by atoms with van der Waals surface area (Å²) in [7, 11) is -3.49. The van der Waals surface area contributed by atoms with Gasteiger partial charge >= 0.3 is 13.6 Å². The molecule has 0 saturated heterocycles. The normalized spacial score (nSPS) is 15.0. The van der Waals surface area contributed by atoms with Crippen LogP contribution in [-0.4, -0.2) is 46.3 Å². The highest BCUT2D eigenvalue weighted by Gasteiger charge is 2.47. The van der Waals surface area contributed by atoms with E-state index in [1.807, 2.05) is 27.7 Å². The van der Waals surface area contributed by atoms with Crippen molar-refractivity contribution in [2.45, 2.75) is 78.7 Å². The Labute approximate surface area is 139 Å². The van der Waals surface area contributed by atoms with E-state index in [1.165, 1.54) is 18.9 Å². The molecule has 0 saturated carbocycles. The molecule has 1 N–H and O–H groups in total. The van der Waals surface area contributed by atoms with E-state index in [0.29, 0.717) is 6.42 Å². The quantitative estimate of drug-likeness (QED) is 0.471. The van der Waals surface area contributed by atoms with Crippen LogP contribution in [0.25, 0.3) is 0 Å². The Balaban J connectivity index is 5.83. The van der Waals surface area contributed by atoms with Crippen LogP contribution in [0.3, 0.4) is 0 Å². The number of nitrogens with zero attached hydrogens (tertiary/aromatic N) is 1. The van der Waals surface area contributed by atoms with Gasteiger partial charge in [-0.15, -0.1) is 0 Å². The van der Waals surface area contributed by atoms with Gasteiger partial charge in [0, 0.05) is 5.54 Å². The van der Waals surface area contributed by atoms with Crippen LogP contribution in [0.5, 0.6) is 0 Å². The molecule has 1 unspecified atom stereocenters. The smallest absolute Gasteiger partial charge is 0.350 e. The van der Waals surface area contributed by atoms with Crippen LogP contribution in [0, 0.1) is 0 Å². The van der Waals surface area contributed by atoms with Crippen LogP contribution in [0.15, 0.2) is 0 Å². The second-order valence-corrected chi connectivity index (χ2v) is 8.86. The van der Waals surface area contributed by atoms with Gasteiger partial charge in [-0.2, -0.15) is 5.06 Å². The third kappa shape index (κ3) is 6.16. The zero-order valence-electron chi connectivity index (χ0n) is 15.6. The fourth-order valence-corrected chi connectivity index (χ4v) is 4.25. The number of aliphatic carboxylic acids is 1. The number of carboxylic acids is 1. The fourth-order valence-electron chi connectivity index (χ4n) is 2.02. The maximum atomic E-state index is 13.2. The lowest BCUT2D eigenvalue weighted by molar-refractivity contribution is -0.281. The first-order valence-electron chi connectivity index (χ1n) is 7.96. The molecule has 0 aliphatic rings. The minimum atomic E-state index is -3.49. The average molecular weight is 353 g/mol. The Bertz CT molecular complexity index is 422. The van der Waals surface area contributed by atoms with Crippen molar-refractivity contribution in [1.29, 1.82) is 0 Å². The van der Waals surface area contributed by atoms with Crippen molar-refractivity contribution in [2.75, 3.05) is 13.2 Å². The molecule has 0 fully saturated rings. The van der Waals surface area contributed by atoms with Crippen molar-refractivity contribution in [3.63, 3.8) is 0 Å². The molecule has 138 valence electrons. The van der Waals surface area contributed by atoms with E-state index in [-0.39, 0.29) is 13.2 Å². The second-order valence-electron chi connectivity index (χ2n) is 6.67. The van der Waals surface area contributed by atoms with E-state index in [4.69, 9.17) is 13.9 Å². The summed E-state index contributed by atoms with van der Waals surface area (Å²) in [5, 5.41) is 10.8. The molecule has 0 aromatic heterocycles. The van der Waals surface area contributed by atoms with Gasteiger partial charge in [-0.25, -0.2) is 4.79 Å². The summed E-state index contributed by atoms with van der Waals surface area (Å²) in [6.45, 7) is 14.2. The van der Waals surface area contributed by atoms with E-state index in [1.54, 1.807) is 13.8 Å². The zero-order valence-corrected chi connectivity index (χ0v) is 16.5. The van der Waals surface area contributed by atoms with Crippen LogP contribution >= 0.6 is 7.60 Å². The van der Waals surface area contributed by atoms with E-state index in [0.717, 1.165) is 0 Å². The van der Waals surface area contributed by atoms with E-state index in [9.17, 15) is 14.5 Å². The van der Waals surface area contributed by atoms with Crippen LogP contribution in [0.2, 0.25) is 0 Å². The highest BCUT2D eigenvalue weighted by atomic mass is 31.2. The van der Waals surface area contributed by atoms with E-state index >= 15 is 0 Å². The number of hydrogen-bond donors (Lipinski definition) is 1. The van der Waals surface area contributed by atoms with Gasteiger partial charge in [0.05, 0.1) is 13.2 Å². The molecule has 0 spiro atoms. The summed E-state index contributed by atoms with van der Waals surface area (Å²) >= 11 is 0. The standard InChI is InChI=1S/C15H32NO6P/c1-9-12(23(19,20-10-2)21-11-3)16(14(4,5)6)22-15(7,8)13(17)18/h12H,9-11H2,1-8H3,(H,17,18). The van der Waals surface area contributed by atoms with Crippen LogP contribution < -0.4 is 0 Å². The molecule has 8 heteroatoms. The Morgan fingerprint density at radius 3 is 1.78 bits per heavy atom. The minimum absolute atomic E-state index is 0.230. The molecule has 0 aliphatic carbocycles. The van der Waals surface area contributed by atoms with Gasteiger partial charge in [0.1, 0.15) is 5.78 Å². The predicted molar refractivity (Wildman–Crippen MR) is 89.3 cm³/mol. The summed E-state index contributed by atoms with van der Waals surface area (Å²) in [6.07, 6.45) is 0.421. The molecule has 23 heavy (non-hydrogen) atoms. The molecule has 0 aromatic carbocycles. The Morgan fingerprint density at radius 1 is 1.09 bits per heavy atom. The fraction of sp³-hybridized carbons (Fsp3) is 0.933. The Hall–Kier alpha value is -0.460. The third-order valence-corrected chi connectivity index (χ3v) is 5.66. The monoisotopic (exact) mass is 353 g/mol. The third-order valence-electron chi connectivity index (χ3n) is 3.12. The van der Waals surface area contributed by atoms with E-state index in [2.05, 4.69) is 0 Å². The summed E-state index contributed by atoms with van der Waals surface area (Å²) in [5.74, 6) is -1.81. The van der Waals surface area contributed by atoms with Gasteiger partial charge < -0.3 is 14.2 Å². The summed E-state index contributed by atoms with van der Waals surface area (Å²) in [4.78, 5) is 17.2. The SMILES string of the molecule is CCOP(=O)(OCC)C(CC)N(OC(C)(C)C(=O)O)C(C)(C)C. The van der Waals surface area contributed by atoms with E-state index < -0.39 is 30.5 Å². The molecule has 0 heterocycles. The molecule has 7 nitrogen and oxygen atoms in total. The molecule has 0 bridgehead atoms. The molecule has 0 amide bonds. The van der Waals surface area contributed by atoms with Crippen molar-refractivity contribution in [2.24, 2.45) is 0 Å². The number of carbonyl (C=O) groups is 1. The predicted octanol–water partition coefficient (Wildman–Crippen LogP) is 3.88. The molecule has 1 atom stereocenters. The van der Waals surface area contributed by atoms with Crippen LogP contribution in [0.1, 0.15) is 61.8 Å². The molecule has 0 radical (unpaired) electrons. The molecule has 0 aliphatic heterocycles. The number of carboxylic acid groups (broad SMARTS) is 1. The highest BCUT2D eigenvalue weighted by Crippen LogP contribution is 2.56. The van der Waals surface area contributed by atoms with Gasteiger partial charge in [-0.1, -0.05) is 6.92 Å². The topological polar surface area (TPSA) is 85.3 Å². The van der Waals surface area contributed by atoms with Gasteiger partial charge in [0.25, 0.3) is 0 Å². The van der Waals surface area contributed by atoms with Gasteiger partial charge in [-0.05, 0) is 54.9 Å². The van der Waals surface area contributed by atoms with Gasteiger partial charge in [-0.3, -0.25) is 9.40 Å². The largest absolute Gasteiger partial charge is 0.479 e.